The number of hydrogen-bond acceptors (Lipinski definition) is 3. The minimum atomic E-state index is 0.0226. The summed E-state index contributed by atoms with van der Waals surface area (Å²) in [6, 6.07) is 18.6. The summed E-state index contributed by atoms with van der Waals surface area (Å²) in [5.74, 6) is 0.484. The third-order valence-corrected chi connectivity index (χ3v) is 4.76. The average Bonchev–Trinajstić information content (AvgIpc) is 2.67. The summed E-state index contributed by atoms with van der Waals surface area (Å²) in [5.41, 5.74) is 3.26. The number of nitrogens with one attached hydrogen (secondary N) is 1. The quantitative estimate of drug-likeness (QED) is 0.866. The molecular formula is C22H29N3O. The molecule has 1 saturated heterocycles. The minimum Gasteiger partial charge on any atom is -0.369 e. The second-order valence-corrected chi connectivity index (χ2v) is 7.40. The second-order valence-electron chi connectivity index (χ2n) is 7.40. The van der Waals surface area contributed by atoms with Crippen LogP contribution in [0.2, 0.25) is 0 Å². The number of hydrogen-bond donors (Lipinski definition) is 1. The van der Waals surface area contributed by atoms with Gasteiger partial charge in [0.1, 0.15) is 0 Å². The fourth-order valence-electron chi connectivity index (χ4n) is 3.27. The van der Waals surface area contributed by atoms with Crippen molar-refractivity contribution in [1.82, 2.24) is 10.2 Å². The molecule has 4 nitrogen and oxygen atoms in total. The predicted octanol–water partition coefficient (Wildman–Crippen LogP) is 3.39. The summed E-state index contributed by atoms with van der Waals surface area (Å²) in [5, 5.41) is 2.99. The van der Waals surface area contributed by atoms with Crippen molar-refractivity contribution >= 4 is 11.6 Å². The van der Waals surface area contributed by atoms with Crippen molar-refractivity contribution in [2.45, 2.75) is 20.4 Å². The van der Waals surface area contributed by atoms with E-state index in [2.05, 4.69) is 65.4 Å². The van der Waals surface area contributed by atoms with Gasteiger partial charge in [-0.3, -0.25) is 9.69 Å². The van der Waals surface area contributed by atoms with Crippen molar-refractivity contribution in [3.05, 3.63) is 65.7 Å². The number of benzene rings is 2. The lowest BCUT2D eigenvalue weighted by Gasteiger charge is -2.36. The summed E-state index contributed by atoms with van der Waals surface area (Å²) in [6.45, 7) is 9.98. The fraction of sp³-hybridized carbons (Fsp3) is 0.409. The molecule has 0 atom stereocenters. The molecule has 2 aromatic carbocycles. The van der Waals surface area contributed by atoms with E-state index < -0.39 is 0 Å². The Morgan fingerprint density at radius 1 is 1.00 bits per heavy atom. The lowest BCUT2D eigenvalue weighted by molar-refractivity contribution is 0.0949. The maximum absolute atomic E-state index is 12.3. The first-order chi connectivity index (χ1) is 12.6. The maximum atomic E-state index is 12.3. The van der Waals surface area contributed by atoms with Crippen LogP contribution < -0.4 is 10.2 Å². The first-order valence-electron chi connectivity index (χ1n) is 9.51. The third-order valence-electron chi connectivity index (χ3n) is 4.76. The van der Waals surface area contributed by atoms with E-state index in [9.17, 15) is 4.79 Å². The van der Waals surface area contributed by atoms with Gasteiger partial charge in [0.05, 0.1) is 0 Å². The molecular weight excluding hydrogens is 322 g/mol. The zero-order valence-corrected chi connectivity index (χ0v) is 15.8. The summed E-state index contributed by atoms with van der Waals surface area (Å²) in [4.78, 5) is 17.2. The third kappa shape index (κ3) is 5.09. The van der Waals surface area contributed by atoms with Crippen LogP contribution in [0.5, 0.6) is 0 Å². The van der Waals surface area contributed by atoms with Crippen molar-refractivity contribution in [2.24, 2.45) is 5.92 Å². The molecule has 26 heavy (non-hydrogen) atoms. The average molecular weight is 351 g/mol. The Kier molecular flexibility index (Phi) is 6.29. The maximum Gasteiger partial charge on any atom is 0.251 e. The standard InChI is InChI=1S/C22H29N3O/c1-18(2)16-23-22(26)20-8-6-7-19(15-20)17-24-11-13-25(14-12-24)21-9-4-3-5-10-21/h3-10,15,18H,11-14,16-17H2,1-2H3,(H,23,26). The van der Waals surface area contributed by atoms with Crippen LogP contribution in [0.1, 0.15) is 29.8 Å². The SMILES string of the molecule is CC(C)CNC(=O)c1cccc(CN2CCN(c3ccccc3)CC2)c1. The molecule has 1 aliphatic rings. The van der Waals surface area contributed by atoms with Crippen molar-refractivity contribution in [2.75, 3.05) is 37.6 Å². The lowest BCUT2D eigenvalue weighted by Crippen LogP contribution is -2.45. The number of piperazine rings is 1. The van der Waals surface area contributed by atoms with Gasteiger partial charge in [0.25, 0.3) is 5.91 Å². The van der Waals surface area contributed by atoms with E-state index in [1.165, 1.54) is 11.3 Å². The Bertz CT molecular complexity index is 706. The molecule has 1 heterocycles. The summed E-state index contributed by atoms with van der Waals surface area (Å²) >= 11 is 0. The fourth-order valence-corrected chi connectivity index (χ4v) is 3.27. The highest BCUT2D eigenvalue weighted by Gasteiger charge is 2.17. The molecule has 1 amide bonds. The van der Waals surface area contributed by atoms with E-state index in [1.54, 1.807) is 0 Å². The van der Waals surface area contributed by atoms with Gasteiger partial charge in [-0.2, -0.15) is 0 Å². The number of carbonyl (C=O) groups excluding carboxylic acids is 1. The van der Waals surface area contributed by atoms with E-state index in [4.69, 9.17) is 0 Å². The Hall–Kier alpha value is -2.33. The van der Waals surface area contributed by atoms with Crippen LogP contribution in [-0.4, -0.2) is 43.5 Å². The molecule has 1 aliphatic heterocycles. The molecule has 0 radical (unpaired) electrons. The highest BCUT2D eigenvalue weighted by Crippen LogP contribution is 2.17. The molecule has 0 aromatic heterocycles. The van der Waals surface area contributed by atoms with Gasteiger partial charge in [-0.25, -0.2) is 0 Å². The van der Waals surface area contributed by atoms with Gasteiger partial charge < -0.3 is 10.2 Å². The first-order valence-corrected chi connectivity index (χ1v) is 9.51. The number of rotatable bonds is 6. The van der Waals surface area contributed by atoms with Gasteiger partial charge in [0.2, 0.25) is 0 Å². The van der Waals surface area contributed by atoms with Crippen molar-refractivity contribution in [1.29, 1.82) is 0 Å². The van der Waals surface area contributed by atoms with E-state index in [1.807, 2.05) is 18.2 Å². The molecule has 1 fully saturated rings. The topological polar surface area (TPSA) is 35.6 Å². The highest BCUT2D eigenvalue weighted by molar-refractivity contribution is 5.94. The summed E-state index contributed by atoms with van der Waals surface area (Å²) in [7, 11) is 0. The first kappa shape index (κ1) is 18.5. The molecule has 138 valence electrons. The monoisotopic (exact) mass is 351 g/mol. The molecule has 0 unspecified atom stereocenters. The molecule has 0 bridgehead atoms. The smallest absolute Gasteiger partial charge is 0.251 e. The van der Waals surface area contributed by atoms with Gasteiger partial charge in [-0.1, -0.05) is 44.2 Å². The predicted molar refractivity (Wildman–Crippen MR) is 108 cm³/mol. The Balaban J connectivity index is 1.53. The largest absolute Gasteiger partial charge is 0.369 e. The van der Waals surface area contributed by atoms with Gasteiger partial charge in [-0.05, 0) is 35.7 Å². The van der Waals surface area contributed by atoms with E-state index in [0.717, 1.165) is 38.3 Å². The van der Waals surface area contributed by atoms with Gasteiger partial charge in [0, 0.05) is 50.5 Å². The molecule has 0 aliphatic carbocycles. The van der Waals surface area contributed by atoms with Gasteiger partial charge in [0.15, 0.2) is 0 Å². The van der Waals surface area contributed by atoms with E-state index in [0.29, 0.717) is 12.5 Å². The van der Waals surface area contributed by atoms with Crippen molar-refractivity contribution < 1.29 is 4.79 Å². The van der Waals surface area contributed by atoms with E-state index >= 15 is 0 Å². The van der Waals surface area contributed by atoms with Crippen LogP contribution in [0.15, 0.2) is 54.6 Å². The van der Waals surface area contributed by atoms with Crippen LogP contribution in [0.3, 0.4) is 0 Å². The molecule has 0 spiro atoms. The van der Waals surface area contributed by atoms with Crippen molar-refractivity contribution in [3.8, 4) is 0 Å². The Morgan fingerprint density at radius 2 is 1.73 bits per heavy atom. The Morgan fingerprint density at radius 3 is 2.42 bits per heavy atom. The molecule has 3 rings (SSSR count). The molecule has 2 aromatic rings. The normalized spacial score (nSPS) is 15.3. The highest BCUT2D eigenvalue weighted by atomic mass is 16.1. The van der Waals surface area contributed by atoms with Gasteiger partial charge in [-0.15, -0.1) is 0 Å². The number of nitrogens with zero attached hydrogens (tertiary/aromatic N) is 2. The number of amides is 1. The molecule has 4 heteroatoms. The number of anilines is 1. The van der Waals surface area contributed by atoms with Gasteiger partial charge >= 0.3 is 0 Å². The number of carbonyl (C=O) groups is 1. The van der Waals surface area contributed by atoms with Crippen molar-refractivity contribution in [3.63, 3.8) is 0 Å². The van der Waals surface area contributed by atoms with Crippen LogP contribution in [0.4, 0.5) is 5.69 Å². The van der Waals surface area contributed by atoms with Crippen LogP contribution >= 0.6 is 0 Å². The zero-order valence-electron chi connectivity index (χ0n) is 15.8. The molecule has 1 N–H and O–H groups in total. The lowest BCUT2D eigenvalue weighted by atomic mass is 10.1. The zero-order chi connectivity index (χ0) is 18.4. The molecule has 0 saturated carbocycles. The second kappa shape index (κ2) is 8.86. The minimum absolute atomic E-state index is 0.0226. The van der Waals surface area contributed by atoms with Crippen LogP contribution in [0, 0.1) is 5.92 Å². The van der Waals surface area contributed by atoms with Crippen LogP contribution in [0.25, 0.3) is 0 Å². The van der Waals surface area contributed by atoms with Crippen LogP contribution in [-0.2, 0) is 6.54 Å². The summed E-state index contributed by atoms with van der Waals surface area (Å²) < 4.78 is 0. The Labute approximate surface area is 156 Å². The van der Waals surface area contributed by atoms with E-state index in [-0.39, 0.29) is 5.91 Å². The summed E-state index contributed by atoms with van der Waals surface area (Å²) in [6.07, 6.45) is 0. The number of para-hydroxylation sites is 1.